The van der Waals surface area contributed by atoms with Crippen LogP contribution in [0, 0.1) is 5.41 Å². The molecule has 0 spiro atoms. The molecular weight excluding hydrogens is 200 g/mol. The van der Waals surface area contributed by atoms with Crippen molar-refractivity contribution in [2.45, 2.75) is 52.2 Å². The van der Waals surface area contributed by atoms with Crippen LogP contribution in [0.1, 0.15) is 34.1 Å². The Morgan fingerprint density at radius 2 is 2.06 bits per heavy atom. The molecule has 1 N–H and O–H groups in total. The molecule has 0 bridgehead atoms. The summed E-state index contributed by atoms with van der Waals surface area (Å²) in [6.45, 7) is 13.5. The highest BCUT2D eigenvalue weighted by Crippen LogP contribution is 2.28. The van der Waals surface area contributed by atoms with Crippen molar-refractivity contribution in [2.24, 2.45) is 5.41 Å². The molecule has 2 heterocycles. The van der Waals surface area contributed by atoms with Crippen LogP contribution in [0.2, 0.25) is 0 Å². The molecule has 2 aliphatic rings. The van der Waals surface area contributed by atoms with Crippen molar-refractivity contribution in [3.05, 3.63) is 0 Å². The van der Waals surface area contributed by atoms with Gasteiger partial charge >= 0.3 is 0 Å². The molecule has 2 saturated heterocycles. The van der Waals surface area contributed by atoms with E-state index in [0.717, 1.165) is 19.8 Å². The van der Waals surface area contributed by atoms with Gasteiger partial charge in [0.1, 0.15) is 0 Å². The van der Waals surface area contributed by atoms with Crippen molar-refractivity contribution < 1.29 is 4.74 Å². The smallest absolute Gasteiger partial charge is 0.0645 e. The summed E-state index contributed by atoms with van der Waals surface area (Å²) >= 11 is 0. The summed E-state index contributed by atoms with van der Waals surface area (Å²) < 4.78 is 5.31. The van der Waals surface area contributed by atoms with Crippen LogP contribution in [0.3, 0.4) is 0 Å². The Morgan fingerprint density at radius 1 is 1.38 bits per heavy atom. The maximum Gasteiger partial charge on any atom is 0.0645 e. The lowest BCUT2D eigenvalue weighted by molar-refractivity contribution is -0.0772. The van der Waals surface area contributed by atoms with Gasteiger partial charge in [0, 0.05) is 25.2 Å². The summed E-state index contributed by atoms with van der Waals surface area (Å²) in [4.78, 5) is 2.60. The first kappa shape index (κ1) is 12.3. The minimum Gasteiger partial charge on any atom is -0.378 e. The van der Waals surface area contributed by atoms with Gasteiger partial charge in [0.05, 0.1) is 19.3 Å². The Balaban J connectivity index is 1.86. The van der Waals surface area contributed by atoms with E-state index in [1.165, 1.54) is 13.0 Å². The van der Waals surface area contributed by atoms with Gasteiger partial charge in [-0.25, -0.2) is 0 Å². The maximum absolute atomic E-state index is 5.31. The van der Waals surface area contributed by atoms with Gasteiger partial charge in [0.25, 0.3) is 0 Å². The van der Waals surface area contributed by atoms with Crippen molar-refractivity contribution in [2.75, 3.05) is 26.3 Å². The minimum absolute atomic E-state index is 0.476. The normalized spacial score (nSPS) is 30.0. The number of nitrogens with one attached hydrogen (secondary N) is 1. The highest BCUT2D eigenvalue weighted by molar-refractivity contribution is 4.91. The Hall–Kier alpha value is -0.120. The number of nitrogens with zero attached hydrogens (tertiary/aromatic N) is 1. The Morgan fingerprint density at radius 3 is 2.44 bits per heavy atom. The van der Waals surface area contributed by atoms with E-state index in [-0.39, 0.29) is 0 Å². The number of hydrogen-bond donors (Lipinski definition) is 1. The molecule has 2 aliphatic heterocycles. The molecule has 2 fully saturated rings. The van der Waals surface area contributed by atoms with Gasteiger partial charge in [-0.1, -0.05) is 13.8 Å². The second-order valence-corrected chi connectivity index (χ2v) is 6.43. The van der Waals surface area contributed by atoms with Crippen molar-refractivity contribution in [3.8, 4) is 0 Å². The summed E-state index contributed by atoms with van der Waals surface area (Å²) in [7, 11) is 0. The highest BCUT2D eigenvalue weighted by Gasteiger charge is 2.35. The molecule has 2 rings (SSSR count). The Kier molecular flexibility index (Phi) is 3.57. The lowest BCUT2D eigenvalue weighted by Crippen LogP contribution is -2.55. The zero-order valence-electron chi connectivity index (χ0n) is 11.1. The van der Waals surface area contributed by atoms with Gasteiger partial charge in [-0.15, -0.1) is 0 Å². The summed E-state index contributed by atoms with van der Waals surface area (Å²) in [6, 6.07) is 1.95. The molecule has 0 aromatic rings. The van der Waals surface area contributed by atoms with Gasteiger partial charge in [-0.2, -0.15) is 0 Å². The van der Waals surface area contributed by atoms with Crippen LogP contribution < -0.4 is 5.32 Å². The fraction of sp³-hybridized carbons (Fsp3) is 1.00. The SMILES string of the molecule is CC(C)N(CC1CC(C)(C)CN1)C1COC1. The van der Waals surface area contributed by atoms with Crippen molar-refractivity contribution in [1.29, 1.82) is 0 Å². The third-order valence-electron chi connectivity index (χ3n) is 3.85. The third kappa shape index (κ3) is 2.76. The van der Waals surface area contributed by atoms with Crippen molar-refractivity contribution in [1.82, 2.24) is 10.2 Å². The van der Waals surface area contributed by atoms with Crippen LogP contribution in [0.5, 0.6) is 0 Å². The summed E-state index contributed by atoms with van der Waals surface area (Å²) in [5.74, 6) is 0. The summed E-state index contributed by atoms with van der Waals surface area (Å²) in [5, 5.41) is 3.65. The predicted octanol–water partition coefficient (Wildman–Crippen LogP) is 1.48. The van der Waals surface area contributed by atoms with Gasteiger partial charge in [0.15, 0.2) is 0 Å². The number of hydrogen-bond acceptors (Lipinski definition) is 3. The zero-order valence-corrected chi connectivity index (χ0v) is 11.1. The molecule has 0 saturated carbocycles. The summed E-state index contributed by atoms with van der Waals surface area (Å²) in [6.07, 6.45) is 1.30. The molecule has 16 heavy (non-hydrogen) atoms. The molecule has 0 radical (unpaired) electrons. The molecule has 94 valence electrons. The zero-order chi connectivity index (χ0) is 11.8. The molecule has 1 unspecified atom stereocenters. The Labute approximate surface area is 99.5 Å². The van der Waals surface area contributed by atoms with Gasteiger partial charge in [-0.3, -0.25) is 4.90 Å². The molecular formula is C13H26N2O. The van der Waals surface area contributed by atoms with Crippen LogP contribution in [-0.2, 0) is 4.74 Å². The first-order chi connectivity index (χ1) is 7.48. The van der Waals surface area contributed by atoms with Gasteiger partial charge < -0.3 is 10.1 Å². The van der Waals surface area contributed by atoms with Crippen LogP contribution in [-0.4, -0.2) is 49.3 Å². The first-order valence-corrected chi connectivity index (χ1v) is 6.55. The quantitative estimate of drug-likeness (QED) is 0.786. The standard InChI is InChI=1S/C13H26N2O/c1-10(2)15(12-7-16-8-12)6-11-5-13(3,4)9-14-11/h10-12,14H,5-9H2,1-4H3. The van der Waals surface area contributed by atoms with E-state index in [1.807, 2.05) is 0 Å². The second-order valence-electron chi connectivity index (χ2n) is 6.43. The van der Waals surface area contributed by atoms with E-state index in [2.05, 4.69) is 37.9 Å². The monoisotopic (exact) mass is 226 g/mol. The Bertz CT molecular complexity index is 236. The summed E-state index contributed by atoms with van der Waals surface area (Å²) in [5.41, 5.74) is 0.476. The van der Waals surface area contributed by atoms with E-state index >= 15 is 0 Å². The van der Waals surface area contributed by atoms with Crippen LogP contribution in [0.25, 0.3) is 0 Å². The highest BCUT2D eigenvalue weighted by atomic mass is 16.5. The van der Waals surface area contributed by atoms with Crippen molar-refractivity contribution >= 4 is 0 Å². The molecule has 1 atom stereocenters. The fourth-order valence-corrected chi connectivity index (χ4v) is 2.81. The first-order valence-electron chi connectivity index (χ1n) is 6.55. The van der Waals surface area contributed by atoms with E-state index < -0.39 is 0 Å². The van der Waals surface area contributed by atoms with Crippen LogP contribution in [0.15, 0.2) is 0 Å². The lowest BCUT2D eigenvalue weighted by Gasteiger charge is -2.41. The number of ether oxygens (including phenoxy) is 1. The average Bonchev–Trinajstić information content (AvgIpc) is 2.41. The molecule has 0 aliphatic carbocycles. The molecule has 3 heteroatoms. The van der Waals surface area contributed by atoms with Crippen LogP contribution in [0.4, 0.5) is 0 Å². The lowest BCUT2D eigenvalue weighted by atomic mass is 9.90. The van der Waals surface area contributed by atoms with Crippen molar-refractivity contribution in [3.63, 3.8) is 0 Å². The van der Waals surface area contributed by atoms with E-state index in [0.29, 0.717) is 23.5 Å². The maximum atomic E-state index is 5.31. The molecule has 0 amide bonds. The minimum atomic E-state index is 0.476. The van der Waals surface area contributed by atoms with Gasteiger partial charge in [0.2, 0.25) is 0 Å². The second kappa shape index (κ2) is 4.63. The largest absolute Gasteiger partial charge is 0.378 e. The molecule has 0 aromatic carbocycles. The average molecular weight is 226 g/mol. The van der Waals surface area contributed by atoms with E-state index in [4.69, 9.17) is 4.74 Å². The number of rotatable bonds is 4. The topological polar surface area (TPSA) is 24.5 Å². The fourth-order valence-electron chi connectivity index (χ4n) is 2.81. The van der Waals surface area contributed by atoms with E-state index in [9.17, 15) is 0 Å². The third-order valence-corrected chi connectivity index (χ3v) is 3.85. The van der Waals surface area contributed by atoms with Gasteiger partial charge in [-0.05, 0) is 25.7 Å². The predicted molar refractivity (Wildman–Crippen MR) is 66.6 cm³/mol. The molecule has 3 nitrogen and oxygen atoms in total. The van der Waals surface area contributed by atoms with Crippen LogP contribution >= 0.6 is 0 Å². The molecule has 0 aromatic heterocycles. The van der Waals surface area contributed by atoms with E-state index in [1.54, 1.807) is 0 Å².